The summed E-state index contributed by atoms with van der Waals surface area (Å²) in [6.45, 7) is 4.83. The minimum Gasteiger partial charge on any atom is -0.494 e. The first-order valence-electron chi connectivity index (χ1n) is 8.87. The Labute approximate surface area is 148 Å². The first-order valence-corrected chi connectivity index (χ1v) is 8.87. The van der Waals surface area contributed by atoms with Crippen molar-refractivity contribution in [2.24, 2.45) is 0 Å². The third-order valence-corrected chi connectivity index (χ3v) is 4.21. The van der Waals surface area contributed by atoms with Crippen LogP contribution in [0, 0.1) is 0 Å². The van der Waals surface area contributed by atoms with Crippen molar-refractivity contribution in [1.82, 2.24) is 9.97 Å². The Morgan fingerprint density at radius 2 is 1.96 bits per heavy atom. The van der Waals surface area contributed by atoms with Crippen LogP contribution in [0.5, 0.6) is 5.75 Å². The average molecular weight is 340 g/mol. The van der Waals surface area contributed by atoms with Gasteiger partial charge in [-0.05, 0) is 43.5 Å². The molecule has 1 aliphatic heterocycles. The van der Waals surface area contributed by atoms with Crippen LogP contribution in [0.3, 0.4) is 0 Å². The molecular formula is C19H24N4O2. The second-order valence-electron chi connectivity index (χ2n) is 6.14. The summed E-state index contributed by atoms with van der Waals surface area (Å²) in [5, 5.41) is 2.84. The molecule has 0 aliphatic carbocycles. The van der Waals surface area contributed by atoms with E-state index >= 15 is 0 Å². The summed E-state index contributed by atoms with van der Waals surface area (Å²) in [6, 6.07) is 8.99. The highest BCUT2D eigenvalue weighted by Gasteiger charge is 2.15. The molecule has 6 heteroatoms. The summed E-state index contributed by atoms with van der Waals surface area (Å²) >= 11 is 0. The van der Waals surface area contributed by atoms with Crippen LogP contribution in [0.1, 0.15) is 43.0 Å². The third kappa shape index (κ3) is 4.68. The topological polar surface area (TPSA) is 67.3 Å². The fourth-order valence-electron chi connectivity index (χ4n) is 2.76. The van der Waals surface area contributed by atoms with Crippen molar-refractivity contribution in [3.63, 3.8) is 0 Å². The van der Waals surface area contributed by atoms with Gasteiger partial charge in [0.2, 0.25) is 0 Å². The van der Waals surface area contributed by atoms with Crippen molar-refractivity contribution >= 4 is 17.5 Å². The van der Waals surface area contributed by atoms with Gasteiger partial charge >= 0.3 is 0 Å². The van der Waals surface area contributed by atoms with Gasteiger partial charge in [0.25, 0.3) is 5.91 Å². The van der Waals surface area contributed by atoms with Crippen LogP contribution in [0.25, 0.3) is 0 Å². The second kappa shape index (κ2) is 8.46. The van der Waals surface area contributed by atoms with Crippen LogP contribution in [0.4, 0.5) is 11.6 Å². The maximum atomic E-state index is 12.4. The summed E-state index contributed by atoms with van der Waals surface area (Å²) in [5.41, 5.74) is 0.573. The number of hydrogen-bond donors (Lipinski definition) is 1. The van der Waals surface area contributed by atoms with Crippen LogP contribution in [0.15, 0.2) is 36.7 Å². The van der Waals surface area contributed by atoms with Gasteiger partial charge in [0.15, 0.2) is 0 Å². The van der Waals surface area contributed by atoms with Gasteiger partial charge in [-0.2, -0.15) is 0 Å². The quantitative estimate of drug-likeness (QED) is 0.781. The third-order valence-electron chi connectivity index (χ3n) is 4.21. The lowest BCUT2D eigenvalue weighted by Crippen LogP contribution is -2.20. The molecule has 1 aromatic heterocycles. The van der Waals surface area contributed by atoms with Gasteiger partial charge in [-0.15, -0.1) is 0 Å². The Morgan fingerprint density at radius 3 is 2.68 bits per heavy atom. The van der Waals surface area contributed by atoms with Crippen LogP contribution in [0.2, 0.25) is 0 Å². The van der Waals surface area contributed by atoms with E-state index in [2.05, 4.69) is 27.1 Å². The number of benzene rings is 1. The van der Waals surface area contributed by atoms with Gasteiger partial charge < -0.3 is 15.0 Å². The van der Waals surface area contributed by atoms with Crippen molar-refractivity contribution < 1.29 is 9.53 Å². The largest absolute Gasteiger partial charge is 0.494 e. The Balaban J connectivity index is 1.61. The SMILES string of the molecule is CCCCOc1ccc(C(=O)Nc2cc(N3CCCC3)ncn2)cc1. The lowest BCUT2D eigenvalue weighted by atomic mass is 10.2. The highest BCUT2D eigenvalue weighted by molar-refractivity contribution is 6.03. The summed E-state index contributed by atoms with van der Waals surface area (Å²) in [4.78, 5) is 23.0. The zero-order chi connectivity index (χ0) is 17.5. The van der Waals surface area contributed by atoms with Gasteiger partial charge in [-0.25, -0.2) is 9.97 Å². The molecule has 1 N–H and O–H groups in total. The number of nitrogens with one attached hydrogen (secondary N) is 1. The van der Waals surface area contributed by atoms with Gasteiger partial charge in [-0.1, -0.05) is 13.3 Å². The standard InChI is InChI=1S/C19H24N4O2/c1-2-3-12-25-16-8-6-15(7-9-16)19(24)22-17-13-18(21-14-20-17)23-10-4-5-11-23/h6-9,13-14H,2-5,10-12H2,1H3,(H,20,21,22,24). The molecule has 1 amide bonds. The Morgan fingerprint density at radius 1 is 1.20 bits per heavy atom. The van der Waals surface area contributed by atoms with Crippen molar-refractivity contribution in [2.75, 3.05) is 29.9 Å². The zero-order valence-electron chi connectivity index (χ0n) is 14.6. The van der Waals surface area contributed by atoms with Crippen molar-refractivity contribution in [2.45, 2.75) is 32.6 Å². The molecule has 0 radical (unpaired) electrons. The van der Waals surface area contributed by atoms with E-state index in [9.17, 15) is 4.79 Å². The van der Waals surface area contributed by atoms with Crippen LogP contribution in [-0.4, -0.2) is 35.6 Å². The number of nitrogens with zero attached hydrogens (tertiary/aromatic N) is 3. The first kappa shape index (κ1) is 17.2. The number of hydrogen-bond acceptors (Lipinski definition) is 5. The fraction of sp³-hybridized carbons (Fsp3) is 0.421. The second-order valence-corrected chi connectivity index (χ2v) is 6.14. The molecule has 132 valence electrons. The van der Waals surface area contributed by atoms with Gasteiger partial charge in [0, 0.05) is 24.7 Å². The molecule has 25 heavy (non-hydrogen) atoms. The van der Waals surface area contributed by atoms with Crippen molar-refractivity contribution in [3.05, 3.63) is 42.2 Å². The Hall–Kier alpha value is -2.63. The van der Waals surface area contributed by atoms with Crippen molar-refractivity contribution in [3.8, 4) is 5.75 Å². The molecular weight excluding hydrogens is 316 g/mol. The minimum absolute atomic E-state index is 0.189. The number of anilines is 2. The molecule has 0 bridgehead atoms. The molecule has 2 heterocycles. The van der Waals surface area contributed by atoms with E-state index in [1.165, 1.54) is 19.2 Å². The number of rotatable bonds is 7. The van der Waals surface area contributed by atoms with Crippen LogP contribution < -0.4 is 15.0 Å². The van der Waals surface area contributed by atoms with Gasteiger partial charge in [-0.3, -0.25) is 4.79 Å². The monoisotopic (exact) mass is 340 g/mol. The summed E-state index contributed by atoms with van der Waals surface area (Å²) in [6.07, 6.45) is 5.97. The molecule has 0 spiro atoms. The minimum atomic E-state index is -0.189. The number of amides is 1. The number of aromatic nitrogens is 2. The Kier molecular flexibility index (Phi) is 5.82. The normalized spacial score (nSPS) is 13.7. The molecule has 0 atom stereocenters. The molecule has 1 fully saturated rings. The maximum absolute atomic E-state index is 12.4. The van der Waals surface area contributed by atoms with E-state index in [1.54, 1.807) is 12.1 Å². The van der Waals surface area contributed by atoms with Gasteiger partial charge in [0.05, 0.1) is 6.61 Å². The fourth-order valence-corrected chi connectivity index (χ4v) is 2.76. The predicted octanol–water partition coefficient (Wildman–Crippen LogP) is 3.51. The number of carbonyl (C=O) groups excluding carboxylic acids is 1. The van der Waals surface area contributed by atoms with E-state index in [0.29, 0.717) is 18.0 Å². The highest BCUT2D eigenvalue weighted by atomic mass is 16.5. The van der Waals surface area contributed by atoms with E-state index in [1.807, 2.05) is 18.2 Å². The smallest absolute Gasteiger partial charge is 0.256 e. The summed E-state index contributed by atoms with van der Waals surface area (Å²) < 4.78 is 5.61. The first-order chi connectivity index (χ1) is 12.3. The molecule has 1 aromatic carbocycles. The van der Waals surface area contributed by atoms with Crippen LogP contribution >= 0.6 is 0 Å². The molecule has 6 nitrogen and oxygen atoms in total. The zero-order valence-corrected chi connectivity index (χ0v) is 14.6. The molecule has 3 rings (SSSR count). The molecule has 2 aromatic rings. The van der Waals surface area contributed by atoms with E-state index in [4.69, 9.17) is 4.74 Å². The maximum Gasteiger partial charge on any atom is 0.256 e. The summed E-state index contributed by atoms with van der Waals surface area (Å²) in [5.74, 6) is 1.97. The van der Waals surface area contributed by atoms with Gasteiger partial charge in [0.1, 0.15) is 23.7 Å². The molecule has 1 saturated heterocycles. The highest BCUT2D eigenvalue weighted by Crippen LogP contribution is 2.20. The Bertz CT molecular complexity index is 697. The number of unbranched alkanes of at least 4 members (excludes halogenated alkanes) is 1. The average Bonchev–Trinajstić information content (AvgIpc) is 3.17. The molecule has 1 aliphatic rings. The summed E-state index contributed by atoms with van der Waals surface area (Å²) in [7, 11) is 0. The lowest BCUT2D eigenvalue weighted by molar-refractivity contribution is 0.102. The van der Waals surface area contributed by atoms with E-state index < -0.39 is 0 Å². The van der Waals surface area contributed by atoms with E-state index in [0.717, 1.165) is 37.5 Å². The number of carbonyl (C=O) groups is 1. The molecule has 0 unspecified atom stereocenters. The molecule has 0 saturated carbocycles. The van der Waals surface area contributed by atoms with E-state index in [-0.39, 0.29) is 5.91 Å². The van der Waals surface area contributed by atoms with Crippen LogP contribution in [-0.2, 0) is 0 Å². The van der Waals surface area contributed by atoms with Crippen molar-refractivity contribution in [1.29, 1.82) is 0 Å². The predicted molar refractivity (Wildman–Crippen MR) is 98.3 cm³/mol. The lowest BCUT2D eigenvalue weighted by Gasteiger charge is -2.16. The number of ether oxygens (including phenoxy) is 1.